The van der Waals surface area contributed by atoms with Crippen LogP contribution in [0.4, 0.5) is 0 Å². The molecule has 0 aliphatic carbocycles. The molecule has 14 heavy (non-hydrogen) atoms. The van der Waals surface area contributed by atoms with E-state index in [-0.39, 0.29) is 0 Å². The van der Waals surface area contributed by atoms with Crippen LogP contribution in [-0.4, -0.2) is 4.57 Å². The molecule has 0 amide bonds. The number of benzene rings is 1. The fourth-order valence-electron chi connectivity index (χ4n) is 1.76. The molecule has 0 saturated carbocycles. The molecule has 0 radical (unpaired) electrons. The molecule has 0 spiro atoms. The molecule has 74 valence electrons. The van der Waals surface area contributed by atoms with Crippen LogP contribution >= 0.6 is 0 Å². The number of aromatic nitrogens is 1. The summed E-state index contributed by atoms with van der Waals surface area (Å²) in [5, 5.41) is 1.23. The highest BCUT2D eigenvalue weighted by Crippen LogP contribution is 2.19. The zero-order valence-corrected chi connectivity index (χ0v) is 8.33. The second-order valence-corrected chi connectivity index (χ2v) is 3.50. The smallest absolute Gasteiger partial charge is 0.0483 e. The van der Waals surface area contributed by atoms with Crippen LogP contribution in [0.15, 0.2) is 24.3 Å². The van der Waals surface area contributed by atoms with E-state index in [1.165, 1.54) is 10.9 Å². The Bertz CT molecular complexity index is 457. The summed E-state index contributed by atoms with van der Waals surface area (Å²) in [6.45, 7) is 1.15. The standard InChI is InChI=1S/C11H15N3/c1-14-10(7-13)5-9-3-2-8(6-12)4-11(9)14/h2-5H,6-7,12-13H2,1H3. The third-order valence-electron chi connectivity index (χ3n) is 2.65. The summed E-state index contributed by atoms with van der Waals surface area (Å²) in [4.78, 5) is 0. The van der Waals surface area contributed by atoms with E-state index in [4.69, 9.17) is 11.5 Å². The van der Waals surface area contributed by atoms with Crippen molar-refractivity contribution in [2.24, 2.45) is 18.5 Å². The SMILES string of the molecule is Cn1c(CN)cc2ccc(CN)cc21. The van der Waals surface area contributed by atoms with E-state index in [1.807, 2.05) is 7.05 Å². The van der Waals surface area contributed by atoms with E-state index in [0.717, 1.165) is 11.3 Å². The summed E-state index contributed by atoms with van der Waals surface area (Å²) < 4.78 is 2.12. The van der Waals surface area contributed by atoms with Crippen LogP contribution in [0.2, 0.25) is 0 Å². The molecule has 2 rings (SSSR count). The Morgan fingerprint density at radius 1 is 1.14 bits per heavy atom. The van der Waals surface area contributed by atoms with Crippen molar-refractivity contribution in [3.63, 3.8) is 0 Å². The van der Waals surface area contributed by atoms with Crippen LogP contribution in [0.5, 0.6) is 0 Å². The number of nitrogens with two attached hydrogens (primary N) is 2. The highest BCUT2D eigenvalue weighted by Gasteiger charge is 2.04. The number of aryl methyl sites for hydroxylation is 1. The Hall–Kier alpha value is -1.32. The van der Waals surface area contributed by atoms with Crippen LogP contribution in [-0.2, 0) is 20.1 Å². The maximum absolute atomic E-state index is 5.64. The summed E-state index contributed by atoms with van der Waals surface area (Å²) in [7, 11) is 2.03. The maximum atomic E-state index is 5.64. The number of fused-ring (bicyclic) bond motifs is 1. The van der Waals surface area contributed by atoms with Crippen molar-refractivity contribution in [1.29, 1.82) is 0 Å². The normalized spacial score (nSPS) is 11.1. The Kier molecular flexibility index (Phi) is 2.27. The van der Waals surface area contributed by atoms with Crippen molar-refractivity contribution in [3.8, 4) is 0 Å². The lowest BCUT2D eigenvalue weighted by atomic mass is 10.1. The molecule has 0 aliphatic heterocycles. The van der Waals surface area contributed by atoms with Crippen molar-refractivity contribution in [3.05, 3.63) is 35.5 Å². The molecule has 0 aliphatic rings. The van der Waals surface area contributed by atoms with Gasteiger partial charge in [-0.05, 0) is 23.1 Å². The zero-order chi connectivity index (χ0) is 10.1. The summed E-state index contributed by atoms with van der Waals surface area (Å²) in [6, 6.07) is 8.39. The quantitative estimate of drug-likeness (QED) is 0.743. The van der Waals surface area contributed by atoms with Gasteiger partial charge in [0.25, 0.3) is 0 Å². The predicted molar refractivity (Wildman–Crippen MR) is 58.7 cm³/mol. The van der Waals surface area contributed by atoms with E-state index >= 15 is 0 Å². The average Bonchev–Trinajstić information content (AvgIpc) is 2.55. The highest BCUT2D eigenvalue weighted by atomic mass is 15.0. The molecule has 1 heterocycles. The van der Waals surface area contributed by atoms with E-state index < -0.39 is 0 Å². The molecule has 4 N–H and O–H groups in total. The molecule has 3 nitrogen and oxygen atoms in total. The van der Waals surface area contributed by atoms with Crippen LogP contribution in [0, 0.1) is 0 Å². The Morgan fingerprint density at radius 3 is 2.57 bits per heavy atom. The second kappa shape index (κ2) is 3.44. The molecule has 2 aromatic rings. The number of rotatable bonds is 2. The first-order valence-electron chi connectivity index (χ1n) is 4.73. The predicted octanol–water partition coefficient (Wildman–Crippen LogP) is 1.10. The molecule has 0 bridgehead atoms. The summed E-state index contributed by atoms with van der Waals surface area (Å²) >= 11 is 0. The Labute approximate surface area is 83.3 Å². The summed E-state index contributed by atoms with van der Waals surface area (Å²) in [5.74, 6) is 0. The fourth-order valence-corrected chi connectivity index (χ4v) is 1.76. The molecule has 3 heteroatoms. The van der Waals surface area contributed by atoms with E-state index in [0.29, 0.717) is 13.1 Å². The lowest BCUT2D eigenvalue weighted by Gasteiger charge is -2.02. The van der Waals surface area contributed by atoms with Gasteiger partial charge in [0.1, 0.15) is 0 Å². The van der Waals surface area contributed by atoms with Gasteiger partial charge in [0, 0.05) is 31.3 Å². The van der Waals surface area contributed by atoms with Crippen molar-refractivity contribution >= 4 is 10.9 Å². The average molecular weight is 189 g/mol. The minimum Gasteiger partial charge on any atom is -0.346 e. The third-order valence-corrected chi connectivity index (χ3v) is 2.65. The van der Waals surface area contributed by atoms with Crippen molar-refractivity contribution < 1.29 is 0 Å². The second-order valence-electron chi connectivity index (χ2n) is 3.50. The number of hydrogen-bond acceptors (Lipinski definition) is 2. The first kappa shape index (κ1) is 9.24. The molecular formula is C11H15N3. The maximum Gasteiger partial charge on any atom is 0.0483 e. The molecule has 0 unspecified atom stereocenters. The number of hydrogen-bond donors (Lipinski definition) is 2. The van der Waals surface area contributed by atoms with Gasteiger partial charge in [-0.15, -0.1) is 0 Å². The minimum absolute atomic E-state index is 0.573. The van der Waals surface area contributed by atoms with Crippen molar-refractivity contribution in [2.45, 2.75) is 13.1 Å². The topological polar surface area (TPSA) is 57.0 Å². The van der Waals surface area contributed by atoms with Crippen LogP contribution in [0.3, 0.4) is 0 Å². The summed E-state index contributed by atoms with van der Waals surface area (Å²) in [5.41, 5.74) is 14.7. The van der Waals surface area contributed by atoms with E-state index in [2.05, 4.69) is 28.8 Å². The Morgan fingerprint density at radius 2 is 1.93 bits per heavy atom. The fraction of sp³-hybridized carbons (Fsp3) is 0.273. The van der Waals surface area contributed by atoms with Gasteiger partial charge in [0.05, 0.1) is 0 Å². The van der Waals surface area contributed by atoms with Gasteiger partial charge in [-0.3, -0.25) is 0 Å². The lowest BCUT2D eigenvalue weighted by molar-refractivity contribution is 0.848. The monoisotopic (exact) mass is 189 g/mol. The third kappa shape index (κ3) is 1.31. The van der Waals surface area contributed by atoms with Crippen molar-refractivity contribution in [1.82, 2.24) is 4.57 Å². The van der Waals surface area contributed by atoms with E-state index in [9.17, 15) is 0 Å². The lowest BCUT2D eigenvalue weighted by Crippen LogP contribution is -2.03. The van der Waals surface area contributed by atoms with Gasteiger partial charge in [0.2, 0.25) is 0 Å². The number of nitrogens with zero attached hydrogens (tertiary/aromatic N) is 1. The van der Waals surface area contributed by atoms with Gasteiger partial charge < -0.3 is 16.0 Å². The summed E-state index contributed by atoms with van der Waals surface area (Å²) in [6.07, 6.45) is 0. The van der Waals surface area contributed by atoms with Crippen LogP contribution in [0.25, 0.3) is 10.9 Å². The molecular weight excluding hydrogens is 174 g/mol. The molecule has 0 fully saturated rings. The molecule has 0 saturated heterocycles. The van der Waals surface area contributed by atoms with Gasteiger partial charge in [-0.25, -0.2) is 0 Å². The van der Waals surface area contributed by atoms with Crippen LogP contribution < -0.4 is 11.5 Å². The Balaban J connectivity index is 2.68. The van der Waals surface area contributed by atoms with Crippen molar-refractivity contribution in [2.75, 3.05) is 0 Å². The molecule has 1 aromatic carbocycles. The first-order chi connectivity index (χ1) is 6.76. The minimum atomic E-state index is 0.573. The van der Waals surface area contributed by atoms with Gasteiger partial charge in [-0.1, -0.05) is 12.1 Å². The zero-order valence-electron chi connectivity index (χ0n) is 8.33. The van der Waals surface area contributed by atoms with Gasteiger partial charge >= 0.3 is 0 Å². The van der Waals surface area contributed by atoms with Crippen LogP contribution in [0.1, 0.15) is 11.3 Å². The van der Waals surface area contributed by atoms with Gasteiger partial charge in [-0.2, -0.15) is 0 Å². The highest BCUT2D eigenvalue weighted by molar-refractivity contribution is 5.82. The largest absolute Gasteiger partial charge is 0.346 e. The molecule has 0 atom stereocenters. The van der Waals surface area contributed by atoms with E-state index in [1.54, 1.807) is 0 Å². The van der Waals surface area contributed by atoms with Gasteiger partial charge in [0.15, 0.2) is 0 Å². The first-order valence-corrected chi connectivity index (χ1v) is 4.73. The molecule has 1 aromatic heterocycles.